The average molecular weight is 251 g/mol. The van der Waals surface area contributed by atoms with Crippen LogP contribution in [0.2, 0.25) is 5.02 Å². The Kier molecular flexibility index (Phi) is 2.37. The number of nitrogens with one attached hydrogen (secondary N) is 1. The van der Waals surface area contributed by atoms with Gasteiger partial charge in [0, 0.05) is 7.05 Å². The van der Waals surface area contributed by atoms with Gasteiger partial charge in [-0.3, -0.25) is 0 Å². The third-order valence-electron chi connectivity index (χ3n) is 2.21. The van der Waals surface area contributed by atoms with Crippen LogP contribution in [0.15, 0.2) is 17.0 Å². The number of hydrogen-bond acceptors (Lipinski definition) is 3. The van der Waals surface area contributed by atoms with Crippen LogP contribution < -0.4 is 5.32 Å². The molecule has 7 heteroatoms. The fourth-order valence-electron chi connectivity index (χ4n) is 1.38. The van der Waals surface area contributed by atoms with Crippen molar-refractivity contribution in [3.63, 3.8) is 0 Å². The molecular formula is C8H8ClFN2O2S. The molecule has 0 unspecified atom stereocenters. The van der Waals surface area contributed by atoms with Crippen molar-refractivity contribution in [3.05, 3.63) is 23.0 Å². The standard InChI is InChI=1S/C8H8ClFN2O2S/c1-12-4-11-7-5(9)2-3-6(10)8(7)15(12,13)14/h2-3,11H,4H2,1H3. The van der Waals surface area contributed by atoms with Crippen LogP contribution in [0.5, 0.6) is 0 Å². The Morgan fingerprint density at radius 3 is 2.87 bits per heavy atom. The largest absolute Gasteiger partial charge is 0.369 e. The Labute approximate surface area is 91.7 Å². The number of fused-ring (bicyclic) bond motifs is 1. The molecule has 0 aromatic heterocycles. The van der Waals surface area contributed by atoms with Gasteiger partial charge in [-0.25, -0.2) is 12.8 Å². The highest BCUT2D eigenvalue weighted by Gasteiger charge is 2.33. The monoisotopic (exact) mass is 250 g/mol. The second-order valence-electron chi connectivity index (χ2n) is 3.17. The number of hydrogen-bond donors (Lipinski definition) is 1. The van der Waals surface area contributed by atoms with Gasteiger partial charge in [-0.15, -0.1) is 0 Å². The number of nitrogens with zero attached hydrogens (tertiary/aromatic N) is 1. The normalized spacial score (nSPS) is 19.4. The second-order valence-corrected chi connectivity index (χ2v) is 5.56. The van der Waals surface area contributed by atoms with Gasteiger partial charge >= 0.3 is 0 Å². The first-order chi connectivity index (χ1) is 6.94. The highest BCUT2D eigenvalue weighted by molar-refractivity contribution is 7.89. The highest BCUT2D eigenvalue weighted by Crippen LogP contribution is 2.35. The summed E-state index contributed by atoms with van der Waals surface area (Å²) in [4.78, 5) is -0.385. The van der Waals surface area contributed by atoms with Gasteiger partial charge < -0.3 is 5.32 Å². The third-order valence-corrected chi connectivity index (χ3v) is 4.39. The molecule has 4 nitrogen and oxygen atoms in total. The van der Waals surface area contributed by atoms with E-state index < -0.39 is 15.8 Å². The molecule has 0 fully saturated rings. The molecule has 82 valence electrons. The number of halogens is 2. The Morgan fingerprint density at radius 1 is 1.53 bits per heavy atom. The summed E-state index contributed by atoms with van der Waals surface area (Å²) in [6, 6.07) is 2.36. The lowest BCUT2D eigenvalue weighted by Gasteiger charge is -2.27. The van der Waals surface area contributed by atoms with E-state index in [1.807, 2.05) is 0 Å². The van der Waals surface area contributed by atoms with E-state index in [2.05, 4.69) is 5.32 Å². The molecule has 0 saturated heterocycles. The molecule has 0 spiro atoms. The smallest absolute Gasteiger partial charge is 0.249 e. The molecule has 1 aromatic rings. The van der Waals surface area contributed by atoms with Crippen LogP contribution in [0.4, 0.5) is 10.1 Å². The average Bonchev–Trinajstić information content (AvgIpc) is 2.16. The summed E-state index contributed by atoms with van der Waals surface area (Å²) in [6.07, 6.45) is 0. The van der Waals surface area contributed by atoms with Gasteiger partial charge in [0.05, 0.1) is 17.4 Å². The SMILES string of the molecule is CN1CNc2c(Cl)ccc(F)c2S1(=O)=O. The van der Waals surface area contributed by atoms with Crippen LogP contribution in [-0.4, -0.2) is 26.4 Å². The Balaban J connectivity index is 2.80. The van der Waals surface area contributed by atoms with Crippen molar-refractivity contribution in [3.8, 4) is 0 Å². The van der Waals surface area contributed by atoms with Crippen LogP contribution in [0.1, 0.15) is 0 Å². The maximum atomic E-state index is 13.4. The van der Waals surface area contributed by atoms with Crippen molar-refractivity contribution in [1.29, 1.82) is 0 Å². The van der Waals surface area contributed by atoms with Gasteiger partial charge in [-0.2, -0.15) is 4.31 Å². The molecule has 1 heterocycles. The fourth-order valence-corrected chi connectivity index (χ4v) is 2.96. The number of anilines is 1. The van der Waals surface area contributed by atoms with E-state index in [1.165, 1.54) is 13.1 Å². The van der Waals surface area contributed by atoms with Crippen LogP contribution in [0.3, 0.4) is 0 Å². The summed E-state index contributed by atoms with van der Waals surface area (Å²) >= 11 is 5.78. The highest BCUT2D eigenvalue weighted by atomic mass is 35.5. The minimum absolute atomic E-state index is 0.0819. The molecule has 2 rings (SSSR count). The third kappa shape index (κ3) is 1.49. The minimum atomic E-state index is -3.76. The Bertz CT molecular complexity index is 518. The molecule has 0 amide bonds. The zero-order valence-corrected chi connectivity index (χ0v) is 9.36. The Hall–Kier alpha value is -0.850. The second kappa shape index (κ2) is 3.33. The molecular weight excluding hydrogens is 243 g/mol. The Morgan fingerprint density at radius 2 is 2.20 bits per heavy atom. The van der Waals surface area contributed by atoms with Gasteiger partial charge in [0.25, 0.3) is 0 Å². The topological polar surface area (TPSA) is 49.4 Å². The predicted molar refractivity (Wildman–Crippen MR) is 54.8 cm³/mol. The van der Waals surface area contributed by atoms with Crippen molar-refractivity contribution >= 4 is 27.3 Å². The maximum absolute atomic E-state index is 13.4. The van der Waals surface area contributed by atoms with E-state index in [0.717, 1.165) is 10.4 Å². The van der Waals surface area contributed by atoms with Gasteiger partial charge in [-0.05, 0) is 12.1 Å². The lowest BCUT2D eigenvalue weighted by molar-refractivity contribution is 0.471. The van der Waals surface area contributed by atoms with Crippen molar-refractivity contribution in [2.75, 3.05) is 19.0 Å². The fraction of sp³-hybridized carbons (Fsp3) is 0.250. The van der Waals surface area contributed by atoms with Crippen LogP contribution >= 0.6 is 11.6 Å². The lowest BCUT2D eigenvalue weighted by atomic mass is 10.3. The minimum Gasteiger partial charge on any atom is -0.369 e. The molecule has 0 bridgehead atoms. The van der Waals surface area contributed by atoms with Crippen LogP contribution in [0.25, 0.3) is 0 Å². The van der Waals surface area contributed by atoms with E-state index in [4.69, 9.17) is 11.6 Å². The number of rotatable bonds is 0. The summed E-state index contributed by atoms with van der Waals surface area (Å²) in [5.74, 6) is -0.798. The van der Waals surface area contributed by atoms with E-state index in [-0.39, 0.29) is 22.3 Å². The molecule has 0 saturated carbocycles. The van der Waals surface area contributed by atoms with Crippen LogP contribution in [-0.2, 0) is 10.0 Å². The summed E-state index contributed by atoms with van der Waals surface area (Å²) in [5, 5.41) is 2.95. The maximum Gasteiger partial charge on any atom is 0.249 e. The molecule has 15 heavy (non-hydrogen) atoms. The lowest BCUT2D eigenvalue weighted by Crippen LogP contribution is -2.37. The van der Waals surface area contributed by atoms with Crippen molar-refractivity contribution < 1.29 is 12.8 Å². The van der Waals surface area contributed by atoms with Crippen molar-refractivity contribution in [2.45, 2.75) is 4.90 Å². The summed E-state index contributed by atoms with van der Waals surface area (Å²) in [6.45, 7) is 0.0819. The first kappa shape index (κ1) is 10.7. The summed E-state index contributed by atoms with van der Waals surface area (Å²) in [7, 11) is -2.40. The molecule has 0 aliphatic carbocycles. The van der Waals surface area contributed by atoms with Gasteiger partial charge in [0.2, 0.25) is 10.0 Å². The predicted octanol–water partition coefficient (Wildman–Crippen LogP) is 1.48. The summed E-state index contributed by atoms with van der Waals surface area (Å²) < 4.78 is 38.0. The van der Waals surface area contributed by atoms with E-state index in [1.54, 1.807) is 0 Å². The first-order valence-electron chi connectivity index (χ1n) is 4.13. The molecule has 1 N–H and O–H groups in total. The molecule has 0 radical (unpaired) electrons. The zero-order chi connectivity index (χ0) is 11.2. The van der Waals surface area contributed by atoms with E-state index in [0.29, 0.717) is 0 Å². The molecule has 1 aromatic carbocycles. The molecule has 1 aliphatic rings. The van der Waals surface area contributed by atoms with Crippen LogP contribution in [0, 0.1) is 5.82 Å². The van der Waals surface area contributed by atoms with Crippen molar-refractivity contribution in [2.24, 2.45) is 0 Å². The zero-order valence-electron chi connectivity index (χ0n) is 7.79. The van der Waals surface area contributed by atoms with E-state index in [9.17, 15) is 12.8 Å². The number of sulfonamides is 1. The molecule has 1 aliphatic heterocycles. The van der Waals surface area contributed by atoms with Gasteiger partial charge in [-0.1, -0.05) is 11.6 Å². The summed E-state index contributed by atoms with van der Waals surface area (Å²) in [5.41, 5.74) is 0.134. The quantitative estimate of drug-likeness (QED) is 0.759. The molecule has 0 atom stereocenters. The van der Waals surface area contributed by atoms with Crippen molar-refractivity contribution in [1.82, 2.24) is 4.31 Å². The first-order valence-corrected chi connectivity index (χ1v) is 5.94. The van der Waals surface area contributed by atoms with E-state index >= 15 is 0 Å². The number of benzene rings is 1. The van der Waals surface area contributed by atoms with Gasteiger partial charge in [0.15, 0.2) is 0 Å². The van der Waals surface area contributed by atoms with Gasteiger partial charge in [0.1, 0.15) is 10.7 Å².